The van der Waals surface area contributed by atoms with Gasteiger partial charge in [0.15, 0.2) is 5.82 Å². The monoisotopic (exact) mass is 390 g/mol. The van der Waals surface area contributed by atoms with E-state index in [2.05, 4.69) is 41.6 Å². The van der Waals surface area contributed by atoms with Gasteiger partial charge in [0, 0.05) is 35.8 Å². The minimum atomic E-state index is -0.0329. The summed E-state index contributed by atoms with van der Waals surface area (Å²) in [5, 5.41) is 15.6. The predicted octanol–water partition coefficient (Wildman–Crippen LogP) is 2.89. The summed E-state index contributed by atoms with van der Waals surface area (Å²) < 4.78 is 2.01. The van der Waals surface area contributed by atoms with Crippen molar-refractivity contribution >= 4 is 43.3 Å². The van der Waals surface area contributed by atoms with Gasteiger partial charge in [0.05, 0.1) is 4.47 Å². The van der Waals surface area contributed by atoms with Crippen LogP contribution >= 0.6 is 27.3 Å². The third-order valence-corrected chi connectivity index (χ3v) is 6.31. The topological polar surface area (TPSA) is 89.6 Å². The van der Waals surface area contributed by atoms with Crippen LogP contribution in [0.3, 0.4) is 0 Å². The van der Waals surface area contributed by atoms with Gasteiger partial charge in [-0.15, -0.1) is 21.5 Å². The Morgan fingerprint density at radius 2 is 2.04 bits per heavy atom. The Labute approximate surface area is 145 Å². The van der Waals surface area contributed by atoms with Gasteiger partial charge >= 0.3 is 0 Å². The van der Waals surface area contributed by atoms with Gasteiger partial charge in [0.25, 0.3) is 0 Å². The smallest absolute Gasteiger partial charge is 0.170 e. The Bertz CT molecular complexity index is 846. The Morgan fingerprint density at radius 3 is 2.78 bits per heavy atom. The lowest BCUT2D eigenvalue weighted by molar-refractivity contribution is 0.678. The minimum Gasteiger partial charge on any atom is -0.363 e. The highest BCUT2D eigenvalue weighted by molar-refractivity contribution is 9.10. The van der Waals surface area contributed by atoms with Gasteiger partial charge in [-0.3, -0.25) is 4.98 Å². The van der Waals surface area contributed by atoms with Crippen LogP contribution in [0.2, 0.25) is 0 Å². The molecule has 0 atom stereocenters. The van der Waals surface area contributed by atoms with Crippen molar-refractivity contribution in [3.05, 3.63) is 39.4 Å². The Hall–Kier alpha value is -1.64. The van der Waals surface area contributed by atoms with Gasteiger partial charge in [-0.05, 0) is 51.7 Å². The van der Waals surface area contributed by atoms with E-state index in [0.29, 0.717) is 6.54 Å². The highest BCUT2D eigenvalue weighted by Gasteiger charge is 2.39. The van der Waals surface area contributed by atoms with Crippen LogP contribution in [0.5, 0.6) is 0 Å². The number of thiophene rings is 1. The van der Waals surface area contributed by atoms with E-state index in [1.807, 2.05) is 12.1 Å². The average Bonchev–Trinajstić information content (AvgIpc) is 3.22. The Balaban J connectivity index is 1.63. The maximum Gasteiger partial charge on any atom is 0.170 e. The van der Waals surface area contributed by atoms with Crippen LogP contribution in [0.25, 0.3) is 10.2 Å². The zero-order valence-corrected chi connectivity index (χ0v) is 14.7. The quantitative estimate of drug-likeness (QED) is 0.695. The van der Waals surface area contributed by atoms with Crippen molar-refractivity contribution in [1.29, 1.82) is 0 Å². The number of hydrogen-bond acceptors (Lipinski definition) is 7. The van der Waals surface area contributed by atoms with Crippen molar-refractivity contribution in [1.82, 2.24) is 20.4 Å². The second-order valence-corrected chi connectivity index (χ2v) is 7.80. The lowest BCUT2D eigenvalue weighted by Crippen LogP contribution is -2.24. The second-order valence-electron chi connectivity index (χ2n) is 5.90. The van der Waals surface area contributed by atoms with Crippen molar-refractivity contribution in [2.24, 2.45) is 5.73 Å². The van der Waals surface area contributed by atoms with Crippen LogP contribution in [0.15, 0.2) is 29.0 Å². The first-order chi connectivity index (χ1) is 11.1. The molecule has 0 amide bonds. The molecule has 0 spiro atoms. The summed E-state index contributed by atoms with van der Waals surface area (Å²) in [6.45, 7) is 0.669. The zero-order chi connectivity index (χ0) is 15.9. The molecule has 0 radical (unpaired) electrons. The summed E-state index contributed by atoms with van der Waals surface area (Å²) in [4.78, 5) is 5.24. The number of hydrogen-bond donors (Lipinski definition) is 2. The molecule has 3 heterocycles. The summed E-state index contributed by atoms with van der Waals surface area (Å²) in [6.07, 6.45) is 6.61. The van der Waals surface area contributed by atoms with E-state index in [9.17, 15) is 0 Å². The normalized spacial score (nSPS) is 15.7. The van der Waals surface area contributed by atoms with E-state index in [1.165, 1.54) is 4.88 Å². The summed E-state index contributed by atoms with van der Waals surface area (Å²) in [5.74, 6) is 0.755. The van der Waals surface area contributed by atoms with Crippen LogP contribution in [-0.2, 0) is 13.0 Å². The second kappa shape index (κ2) is 5.77. The molecule has 23 heavy (non-hydrogen) atoms. The molecule has 1 aliphatic rings. The molecular weight excluding hydrogens is 376 g/mol. The van der Waals surface area contributed by atoms with Crippen LogP contribution in [0, 0.1) is 0 Å². The fourth-order valence-corrected chi connectivity index (χ4v) is 4.46. The third kappa shape index (κ3) is 3.06. The van der Waals surface area contributed by atoms with Gasteiger partial charge in [0.2, 0.25) is 0 Å². The molecule has 3 N–H and O–H groups in total. The largest absolute Gasteiger partial charge is 0.363 e. The van der Waals surface area contributed by atoms with Crippen molar-refractivity contribution in [2.75, 3.05) is 5.32 Å². The first kappa shape index (κ1) is 14.9. The number of aromatic nitrogens is 4. The van der Waals surface area contributed by atoms with Crippen molar-refractivity contribution in [3.63, 3.8) is 0 Å². The van der Waals surface area contributed by atoms with Gasteiger partial charge in [-0.2, -0.15) is 0 Å². The fraction of sp³-hybridized carbons (Fsp3) is 0.333. The number of anilines is 1. The number of nitrogens with one attached hydrogen (secondary N) is 1. The van der Waals surface area contributed by atoms with E-state index in [1.54, 1.807) is 23.7 Å². The van der Waals surface area contributed by atoms with E-state index in [4.69, 9.17) is 5.73 Å². The third-order valence-electron chi connectivity index (χ3n) is 4.01. The van der Waals surface area contributed by atoms with Crippen LogP contribution < -0.4 is 11.1 Å². The molecule has 8 heteroatoms. The molecule has 1 saturated carbocycles. The number of pyridine rings is 1. The number of fused-ring (bicyclic) bond motifs is 1. The number of halogens is 1. The predicted molar refractivity (Wildman–Crippen MR) is 94.3 cm³/mol. The van der Waals surface area contributed by atoms with Crippen LogP contribution in [0.4, 0.5) is 5.82 Å². The maximum absolute atomic E-state index is 6.25. The molecule has 0 unspecified atom stereocenters. The molecule has 0 bridgehead atoms. The maximum atomic E-state index is 6.25. The highest BCUT2D eigenvalue weighted by Crippen LogP contribution is 2.43. The lowest BCUT2D eigenvalue weighted by atomic mass is 10.2. The minimum absolute atomic E-state index is 0.0329. The molecule has 6 nitrogen and oxygen atoms in total. The van der Waals surface area contributed by atoms with Crippen molar-refractivity contribution < 1.29 is 0 Å². The van der Waals surface area contributed by atoms with E-state index >= 15 is 0 Å². The zero-order valence-electron chi connectivity index (χ0n) is 12.3. The van der Waals surface area contributed by atoms with Crippen molar-refractivity contribution in [3.8, 4) is 0 Å². The van der Waals surface area contributed by atoms with Crippen LogP contribution in [-0.4, -0.2) is 25.9 Å². The average molecular weight is 391 g/mol. The molecule has 3 aromatic heterocycles. The first-order valence-electron chi connectivity index (χ1n) is 7.36. The molecular formula is C15H15BrN6S. The first-order valence-corrected chi connectivity index (χ1v) is 8.97. The summed E-state index contributed by atoms with van der Waals surface area (Å²) in [5.41, 5.74) is 8.21. The molecule has 1 aliphatic carbocycles. The molecule has 3 aromatic rings. The van der Waals surface area contributed by atoms with Gasteiger partial charge in [-0.1, -0.05) is 0 Å². The Kier molecular flexibility index (Phi) is 3.74. The highest BCUT2D eigenvalue weighted by atomic mass is 79.9. The molecule has 0 saturated heterocycles. The van der Waals surface area contributed by atoms with E-state index < -0.39 is 0 Å². The summed E-state index contributed by atoms with van der Waals surface area (Å²) in [6, 6.07) is 3.94. The number of rotatable bonds is 5. The fourth-order valence-electron chi connectivity index (χ4n) is 2.43. The lowest BCUT2D eigenvalue weighted by Gasteiger charge is -2.05. The van der Waals surface area contributed by atoms with E-state index in [0.717, 1.165) is 45.3 Å². The molecule has 0 aromatic carbocycles. The number of nitrogens with two attached hydrogens (primary N) is 1. The molecule has 0 aliphatic heterocycles. The van der Waals surface area contributed by atoms with Gasteiger partial charge < -0.3 is 11.1 Å². The number of nitrogens with zero attached hydrogens (tertiary/aromatic N) is 4. The standard InChI is InChI=1S/C15H15BrN6S/c16-11-10(7-15(17)3-4-15)23-13-12(11)20-22-21-14(13)19-8-9-1-5-18-6-2-9/h1-2,5-6H,3-4,7-8,17H2,(H,19,20,21). The summed E-state index contributed by atoms with van der Waals surface area (Å²) in [7, 11) is 0. The summed E-state index contributed by atoms with van der Waals surface area (Å²) >= 11 is 5.34. The van der Waals surface area contributed by atoms with Gasteiger partial charge in [0.1, 0.15) is 10.2 Å². The van der Waals surface area contributed by atoms with Crippen molar-refractivity contribution in [2.45, 2.75) is 31.3 Å². The van der Waals surface area contributed by atoms with E-state index in [-0.39, 0.29) is 5.54 Å². The molecule has 118 valence electrons. The van der Waals surface area contributed by atoms with Crippen LogP contribution in [0.1, 0.15) is 23.3 Å². The molecule has 1 fully saturated rings. The molecule has 4 rings (SSSR count). The van der Waals surface area contributed by atoms with Gasteiger partial charge in [-0.25, -0.2) is 0 Å². The Morgan fingerprint density at radius 1 is 1.26 bits per heavy atom. The SMILES string of the molecule is NC1(Cc2sc3c(NCc4ccncc4)nnnc3c2Br)CC1.